The molecule has 0 spiro atoms. The van der Waals surface area contributed by atoms with E-state index in [0.717, 1.165) is 40.0 Å². The molecule has 32 heavy (non-hydrogen) atoms. The molecule has 3 aromatic rings. The third kappa shape index (κ3) is 3.76. The Morgan fingerprint density at radius 3 is 2.41 bits per heavy atom. The van der Waals surface area contributed by atoms with Crippen LogP contribution in [0.15, 0.2) is 59.5 Å². The van der Waals surface area contributed by atoms with Crippen molar-refractivity contribution in [2.75, 3.05) is 12.0 Å². The number of methoxy groups -OCH3 is 1. The number of hydrogen-bond acceptors (Lipinski definition) is 5. The number of nitrogens with zero attached hydrogens (tertiary/aromatic N) is 2. The van der Waals surface area contributed by atoms with E-state index in [4.69, 9.17) is 4.74 Å². The highest BCUT2D eigenvalue weighted by Crippen LogP contribution is 2.36. The molecule has 1 aliphatic rings. The Labute approximate surface area is 190 Å². The smallest absolute Gasteiger partial charge is 0.337 e. The van der Waals surface area contributed by atoms with Crippen molar-refractivity contribution in [3.63, 3.8) is 0 Å². The highest BCUT2D eigenvalue weighted by atomic mass is 32.2. The first kappa shape index (κ1) is 21.6. The van der Waals surface area contributed by atoms with Crippen LogP contribution in [0.5, 0.6) is 0 Å². The van der Waals surface area contributed by atoms with Gasteiger partial charge in [0, 0.05) is 17.1 Å². The lowest BCUT2D eigenvalue weighted by Crippen LogP contribution is -2.27. The summed E-state index contributed by atoms with van der Waals surface area (Å²) in [5.41, 5.74) is 5.56. The number of rotatable bonds is 4. The van der Waals surface area contributed by atoms with Gasteiger partial charge in [-0.3, -0.25) is 9.59 Å². The van der Waals surface area contributed by atoms with Gasteiger partial charge in [0.05, 0.1) is 23.3 Å². The maximum absolute atomic E-state index is 13.0. The number of amides is 2. The summed E-state index contributed by atoms with van der Waals surface area (Å²) in [7, 11) is 1.36. The average molecular weight is 447 g/mol. The minimum Gasteiger partial charge on any atom is -0.465 e. The van der Waals surface area contributed by atoms with Crippen LogP contribution in [-0.2, 0) is 9.53 Å². The fourth-order valence-corrected chi connectivity index (χ4v) is 4.64. The van der Waals surface area contributed by atoms with Gasteiger partial charge in [-0.25, -0.2) is 9.69 Å². The molecule has 0 saturated carbocycles. The fourth-order valence-electron chi connectivity index (χ4n) is 3.81. The molecule has 4 rings (SSSR count). The number of aromatic nitrogens is 1. The number of imide groups is 1. The maximum atomic E-state index is 13.0. The highest BCUT2D eigenvalue weighted by Gasteiger charge is 2.36. The van der Waals surface area contributed by atoms with Gasteiger partial charge in [0.1, 0.15) is 0 Å². The molecule has 1 aromatic heterocycles. The first-order valence-corrected chi connectivity index (χ1v) is 10.8. The number of benzene rings is 2. The highest BCUT2D eigenvalue weighted by molar-refractivity contribution is 8.19. The third-order valence-corrected chi connectivity index (χ3v) is 6.31. The van der Waals surface area contributed by atoms with Crippen molar-refractivity contribution >= 4 is 40.6 Å². The molecule has 0 unspecified atom stereocenters. The second-order valence-corrected chi connectivity index (χ2v) is 8.50. The van der Waals surface area contributed by atoms with Crippen LogP contribution < -0.4 is 4.90 Å². The fraction of sp³-hybridized carbons (Fsp3) is 0.160. The molecule has 1 saturated heterocycles. The van der Waals surface area contributed by atoms with Gasteiger partial charge in [-0.1, -0.05) is 24.3 Å². The Kier molecular flexibility index (Phi) is 5.76. The zero-order chi connectivity index (χ0) is 23.0. The van der Waals surface area contributed by atoms with Crippen molar-refractivity contribution in [3.05, 3.63) is 87.6 Å². The number of esters is 1. The van der Waals surface area contributed by atoms with Crippen LogP contribution in [0.25, 0.3) is 11.8 Å². The summed E-state index contributed by atoms with van der Waals surface area (Å²) < 4.78 is 6.89. The molecular formula is C25H22N2O4S. The van der Waals surface area contributed by atoms with Crippen molar-refractivity contribution in [2.45, 2.75) is 20.8 Å². The zero-order valence-corrected chi connectivity index (χ0v) is 19.0. The Bertz CT molecular complexity index is 1270. The zero-order valence-electron chi connectivity index (χ0n) is 18.2. The number of hydrogen-bond donors (Lipinski definition) is 0. The molecule has 2 heterocycles. The summed E-state index contributed by atoms with van der Waals surface area (Å²) in [5.74, 6) is -0.733. The summed E-state index contributed by atoms with van der Waals surface area (Å²) in [5, 5.41) is -0.317. The third-order valence-electron chi connectivity index (χ3n) is 5.44. The van der Waals surface area contributed by atoms with Gasteiger partial charge in [-0.05, 0) is 80.1 Å². The van der Waals surface area contributed by atoms with Crippen LogP contribution in [0, 0.1) is 20.8 Å². The van der Waals surface area contributed by atoms with E-state index >= 15 is 0 Å². The van der Waals surface area contributed by atoms with E-state index in [1.165, 1.54) is 12.0 Å². The van der Waals surface area contributed by atoms with Gasteiger partial charge in [0.2, 0.25) is 0 Å². The largest absolute Gasteiger partial charge is 0.465 e. The average Bonchev–Trinajstić information content (AvgIpc) is 3.22. The summed E-state index contributed by atoms with van der Waals surface area (Å²) >= 11 is 0.932. The molecule has 1 fully saturated rings. The lowest BCUT2D eigenvalue weighted by atomic mass is 10.1. The van der Waals surface area contributed by atoms with Gasteiger partial charge in [-0.15, -0.1) is 0 Å². The van der Waals surface area contributed by atoms with Crippen LogP contribution in [0.2, 0.25) is 0 Å². The van der Waals surface area contributed by atoms with E-state index < -0.39 is 5.97 Å². The topological polar surface area (TPSA) is 68.6 Å². The quantitative estimate of drug-likeness (QED) is 0.395. The van der Waals surface area contributed by atoms with Crippen molar-refractivity contribution in [2.24, 2.45) is 0 Å². The summed E-state index contributed by atoms with van der Waals surface area (Å²) in [6, 6.07) is 16.3. The number of para-hydroxylation sites is 1. The molecule has 0 radical (unpaired) electrons. The molecule has 0 N–H and O–H groups in total. The Morgan fingerprint density at radius 1 is 1.00 bits per heavy atom. The number of thioether (sulfide) groups is 1. The number of anilines is 1. The molecule has 2 amide bonds. The van der Waals surface area contributed by atoms with Gasteiger partial charge >= 0.3 is 5.97 Å². The normalized spacial score (nSPS) is 15.0. The number of aryl methyl sites for hydroxylation is 2. The maximum Gasteiger partial charge on any atom is 0.337 e. The molecule has 1 aliphatic heterocycles. The SMILES string of the molecule is COC(=O)c1ccc(C)c(-n2c(C)cc(/C=C3/SC(=O)N(c4ccccc4)C3=O)c2C)c1. The molecule has 0 aliphatic carbocycles. The molecule has 162 valence electrons. The van der Waals surface area contributed by atoms with E-state index in [1.54, 1.807) is 42.5 Å². The van der Waals surface area contributed by atoms with E-state index in [9.17, 15) is 14.4 Å². The second kappa shape index (κ2) is 8.51. The van der Waals surface area contributed by atoms with Crippen molar-refractivity contribution in [1.82, 2.24) is 4.57 Å². The minimum absolute atomic E-state index is 0.317. The molecule has 0 bridgehead atoms. The molecular weight excluding hydrogens is 424 g/mol. The number of carbonyl (C=O) groups excluding carboxylic acids is 3. The van der Waals surface area contributed by atoms with E-state index in [-0.39, 0.29) is 11.1 Å². The van der Waals surface area contributed by atoms with Crippen LogP contribution in [-0.4, -0.2) is 28.8 Å². The van der Waals surface area contributed by atoms with Crippen LogP contribution >= 0.6 is 11.8 Å². The van der Waals surface area contributed by atoms with Crippen molar-refractivity contribution in [3.8, 4) is 5.69 Å². The molecule has 7 heteroatoms. The summed E-state index contributed by atoms with van der Waals surface area (Å²) in [6.07, 6.45) is 1.76. The van der Waals surface area contributed by atoms with Crippen molar-refractivity contribution in [1.29, 1.82) is 0 Å². The van der Waals surface area contributed by atoms with Crippen LogP contribution in [0.3, 0.4) is 0 Å². The van der Waals surface area contributed by atoms with Crippen LogP contribution in [0.1, 0.15) is 32.9 Å². The minimum atomic E-state index is -0.400. The van der Waals surface area contributed by atoms with Crippen LogP contribution in [0.4, 0.5) is 10.5 Å². The van der Waals surface area contributed by atoms with Gasteiger partial charge in [-0.2, -0.15) is 0 Å². The van der Waals surface area contributed by atoms with Gasteiger partial charge in [0.15, 0.2) is 0 Å². The molecule has 0 atom stereocenters. The predicted molar refractivity (Wildman–Crippen MR) is 126 cm³/mol. The van der Waals surface area contributed by atoms with Crippen molar-refractivity contribution < 1.29 is 19.1 Å². The Balaban J connectivity index is 1.74. The molecule has 2 aromatic carbocycles. The lowest BCUT2D eigenvalue weighted by Gasteiger charge is -2.14. The standard InChI is InChI=1S/C25H22N2O4S/c1-15-10-11-18(24(29)31-4)13-21(15)26-16(2)12-19(17(26)3)14-22-23(28)27(25(30)32-22)20-8-6-5-7-9-20/h5-14H,1-4H3/b22-14+. The lowest BCUT2D eigenvalue weighted by molar-refractivity contribution is -0.113. The summed E-state index contributed by atoms with van der Waals surface area (Å²) in [6.45, 7) is 5.88. The van der Waals surface area contributed by atoms with E-state index in [2.05, 4.69) is 0 Å². The second-order valence-electron chi connectivity index (χ2n) is 7.51. The summed E-state index contributed by atoms with van der Waals surface area (Å²) in [4.78, 5) is 39.1. The van der Waals surface area contributed by atoms with Gasteiger partial charge in [0.25, 0.3) is 11.1 Å². The predicted octanol–water partition coefficient (Wildman–Crippen LogP) is 5.43. The van der Waals surface area contributed by atoms with E-state index in [1.807, 2.05) is 43.5 Å². The Morgan fingerprint density at radius 2 is 1.72 bits per heavy atom. The first-order chi connectivity index (χ1) is 15.3. The monoisotopic (exact) mass is 446 g/mol. The number of carbonyl (C=O) groups is 3. The van der Waals surface area contributed by atoms with E-state index in [0.29, 0.717) is 16.2 Å². The Hall–Kier alpha value is -3.58. The molecule has 6 nitrogen and oxygen atoms in total. The first-order valence-electron chi connectivity index (χ1n) is 10.0. The van der Waals surface area contributed by atoms with Gasteiger partial charge < -0.3 is 9.30 Å². The number of ether oxygens (including phenoxy) is 1.